The van der Waals surface area contributed by atoms with Crippen molar-refractivity contribution in [1.29, 1.82) is 0 Å². The van der Waals surface area contributed by atoms with Crippen LogP contribution in [0.25, 0.3) is 17.1 Å². The van der Waals surface area contributed by atoms with E-state index in [9.17, 15) is 4.79 Å². The highest BCUT2D eigenvalue weighted by Crippen LogP contribution is 2.50. The number of thioether (sulfide) groups is 1. The fraction of sp³-hybridized carbons (Fsp3) is 0.300. The molecule has 4 aromatic rings. The van der Waals surface area contributed by atoms with E-state index in [1.54, 1.807) is 7.11 Å². The number of aromatic nitrogens is 3. The summed E-state index contributed by atoms with van der Waals surface area (Å²) in [5.74, 6) is 2.74. The normalized spacial score (nSPS) is 12.2. The van der Waals surface area contributed by atoms with Crippen molar-refractivity contribution in [3.05, 3.63) is 71.3 Å². The molecule has 0 fully saturated rings. The Hall–Kier alpha value is -4.18. The maximum atomic E-state index is 13.0. The lowest BCUT2D eigenvalue weighted by molar-refractivity contribution is 0.0533. The second-order valence-corrected chi connectivity index (χ2v) is 9.60. The Labute approximate surface area is 237 Å². The summed E-state index contributed by atoms with van der Waals surface area (Å²) < 4.78 is 31.2. The Bertz CT molecular complexity index is 1510. The summed E-state index contributed by atoms with van der Waals surface area (Å²) in [7, 11) is 1.63. The van der Waals surface area contributed by atoms with Gasteiger partial charge in [0.05, 0.1) is 43.6 Å². The molecule has 3 aromatic carbocycles. The van der Waals surface area contributed by atoms with Gasteiger partial charge in [-0.1, -0.05) is 42.1 Å². The number of hydrogen-bond acceptors (Lipinski definition) is 9. The van der Waals surface area contributed by atoms with Crippen LogP contribution in [-0.4, -0.2) is 47.7 Å². The van der Waals surface area contributed by atoms with E-state index < -0.39 is 5.97 Å². The first-order chi connectivity index (χ1) is 19.6. The number of rotatable bonds is 12. The average Bonchev–Trinajstić information content (AvgIpc) is 3.58. The molecule has 0 amide bonds. The predicted octanol–water partition coefficient (Wildman–Crippen LogP) is 6.10. The molecule has 0 saturated heterocycles. The van der Waals surface area contributed by atoms with Gasteiger partial charge in [0.15, 0.2) is 22.5 Å². The summed E-state index contributed by atoms with van der Waals surface area (Å²) in [6.07, 6.45) is 0. The minimum absolute atomic E-state index is 0.117. The number of carbonyl (C=O) groups is 1. The highest BCUT2D eigenvalue weighted by molar-refractivity contribution is 7.98. The van der Waals surface area contributed by atoms with Gasteiger partial charge < -0.3 is 23.7 Å². The molecule has 1 aliphatic heterocycles. The summed E-state index contributed by atoms with van der Waals surface area (Å²) in [5, 5.41) is 9.76. The minimum Gasteiger partial charge on any atom is -0.496 e. The van der Waals surface area contributed by atoms with Gasteiger partial charge in [0, 0.05) is 17.0 Å². The number of carbonyl (C=O) groups excluding carboxylic acids is 1. The van der Waals surface area contributed by atoms with Crippen LogP contribution in [0.1, 0.15) is 42.3 Å². The number of cyclic esters (lactones) is 1. The maximum Gasteiger partial charge on any atom is 0.339 e. The van der Waals surface area contributed by atoms with Gasteiger partial charge in [-0.3, -0.25) is 4.57 Å². The molecule has 0 radical (unpaired) electrons. The van der Waals surface area contributed by atoms with Crippen molar-refractivity contribution in [2.24, 2.45) is 0 Å². The number of ether oxygens (including phenoxy) is 5. The Morgan fingerprint density at radius 3 is 2.27 bits per heavy atom. The van der Waals surface area contributed by atoms with E-state index in [1.807, 2.05) is 79.9 Å². The fourth-order valence-electron chi connectivity index (χ4n) is 4.70. The van der Waals surface area contributed by atoms with Crippen LogP contribution in [0.3, 0.4) is 0 Å². The molecule has 40 heavy (non-hydrogen) atoms. The van der Waals surface area contributed by atoms with E-state index in [4.69, 9.17) is 23.7 Å². The number of hydrogen-bond donors (Lipinski definition) is 0. The van der Waals surface area contributed by atoms with Crippen LogP contribution in [0.4, 0.5) is 0 Å². The van der Waals surface area contributed by atoms with Gasteiger partial charge in [-0.05, 0) is 45.0 Å². The van der Waals surface area contributed by atoms with Crippen LogP contribution in [-0.2, 0) is 17.1 Å². The molecule has 0 bridgehead atoms. The standard InChI is InChI=1S/C30H31N3O6S/c1-5-36-25-21-17-39-29(34)24(21)22(26(37-6-2)27(25)38-7-3)18-40-30-32-31-28(20-15-11-12-16-23(20)35-4)33(30)19-13-9-8-10-14-19/h8-16H,5-7,17-18H2,1-4H3. The molecule has 9 nitrogen and oxygen atoms in total. The van der Waals surface area contributed by atoms with Gasteiger partial charge in [-0.2, -0.15) is 0 Å². The Balaban J connectivity index is 1.63. The van der Waals surface area contributed by atoms with Crippen molar-refractivity contribution >= 4 is 17.7 Å². The Kier molecular flexibility index (Phi) is 8.45. The smallest absolute Gasteiger partial charge is 0.339 e. The Morgan fingerprint density at radius 1 is 0.875 bits per heavy atom. The first kappa shape index (κ1) is 27.4. The summed E-state index contributed by atoms with van der Waals surface area (Å²) in [6, 6.07) is 17.6. The molecule has 2 heterocycles. The van der Waals surface area contributed by atoms with Gasteiger partial charge in [-0.15, -0.1) is 10.2 Å². The molecule has 0 atom stereocenters. The summed E-state index contributed by atoms with van der Waals surface area (Å²) in [5.41, 5.74) is 3.52. The lowest BCUT2D eigenvalue weighted by Crippen LogP contribution is -2.10. The van der Waals surface area contributed by atoms with Gasteiger partial charge in [-0.25, -0.2) is 4.79 Å². The van der Waals surface area contributed by atoms with E-state index in [1.165, 1.54) is 11.8 Å². The number of methoxy groups -OCH3 is 1. The molecular weight excluding hydrogens is 530 g/mol. The highest BCUT2D eigenvalue weighted by atomic mass is 32.2. The number of benzene rings is 3. The highest BCUT2D eigenvalue weighted by Gasteiger charge is 2.36. The van der Waals surface area contributed by atoms with Gasteiger partial charge in [0.2, 0.25) is 5.75 Å². The minimum atomic E-state index is -0.408. The summed E-state index contributed by atoms with van der Waals surface area (Å²) in [6.45, 7) is 7.00. The SMILES string of the molecule is CCOc1c2c(c(CSc3nnc(-c4ccccc4OC)n3-c3ccccc3)c(OCC)c1OCC)C(=O)OC2. The molecule has 0 N–H and O–H groups in total. The number of para-hydroxylation sites is 2. The zero-order valence-electron chi connectivity index (χ0n) is 22.9. The van der Waals surface area contributed by atoms with Crippen LogP contribution in [0, 0.1) is 0 Å². The van der Waals surface area contributed by atoms with Crippen molar-refractivity contribution in [3.8, 4) is 40.1 Å². The van der Waals surface area contributed by atoms with Crippen LogP contribution >= 0.6 is 11.8 Å². The molecule has 0 aliphatic carbocycles. The molecular formula is C30H31N3O6S. The van der Waals surface area contributed by atoms with Gasteiger partial charge >= 0.3 is 5.97 Å². The van der Waals surface area contributed by atoms with E-state index in [0.717, 1.165) is 11.3 Å². The number of nitrogens with zero attached hydrogens (tertiary/aromatic N) is 3. The van der Waals surface area contributed by atoms with E-state index in [0.29, 0.717) is 76.2 Å². The Morgan fingerprint density at radius 2 is 1.55 bits per heavy atom. The van der Waals surface area contributed by atoms with Crippen LogP contribution in [0.15, 0.2) is 59.8 Å². The molecule has 0 saturated carbocycles. The third-order valence-electron chi connectivity index (χ3n) is 6.32. The predicted molar refractivity (Wildman–Crippen MR) is 152 cm³/mol. The fourth-order valence-corrected chi connectivity index (χ4v) is 5.67. The average molecular weight is 562 g/mol. The topological polar surface area (TPSA) is 93.9 Å². The second kappa shape index (κ2) is 12.3. The van der Waals surface area contributed by atoms with E-state index in [-0.39, 0.29) is 6.61 Å². The third-order valence-corrected chi connectivity index (χ3v) is 7.28. The largest absolute Gasteiger partial charge is 0.496 e. The molecule has 0 spiro atoms. The third kappa shape index (κ3) is 5.06. The monoisotopic (exact) mass is 561 g/mol. The van der Waals surface area contributed by atoms with Crippen LogP contribution in [0.5, 0.6) is 23.0 Å². The molecule has 10 heteroatoms. The van der Waals surface area contributed by atoms with Crippen molar-refractivity contribution in [2.45, 2.75) is 38.3 Å². The molecule has 1 aromatic heterocycles. The van der Waals surface area contributed by atoms with Gasteiger partial charge in [0.25, 0.3) is 0 Å². The zero-order valence-corrected chi connectivity index (χ0v) is 23.7. The van der Waals surface area contributed by atoms with Crippen molar-refractivity contribution in [3.63, 3.8) is 0 Å². The molecule has 5 rings (SSSR count). The van der Waals surface area contributed by atoms with E-state index in [2.05, 4.69) is 10.2 Å². The summed E-state index contributed by atoms with van der Waals surface area (Å²) in [4.78, 5) is 13.0. The van der Waals surface area contributed by atoms with Crippen LogP contribution < -0.4 is 18.9 Å². The zero-order chi connectivity index (χ0) is 28.1. The van der Waals surface area contributed by atoms with E-state index >= 15 is 0 Å². The molecule has 0 unspecified atom stereocenters. The lowest BCUT2D eigenvalue weighted by atomic mass is 10.0. The maximum absolute atomic E-state index is 13.0. The first-order valence-electron chi connectivity index (χ1n) is 13.2. The lowest BCUT2D eigenvalue weighted by Gasteiger charge is -2.21. The number of fused-ring (bicyclic) bond motifs is 1. The first-order valence-corrected chi connectivity index (χ1v) is 14.2. The van der Waals surface area contributed by atoms with Gasteiger partial charge in [0.1, 0.15) is 12.4 Å². The van der Waals surface area contributed by atoms with Crippen molar-refractivity contribution < 1.29 is 28.5 Å². The molecule has 1 aliphatic rings. The molecule has 208 valence electrons. The summed E-state index contributed by atoms with van der Waals surface area (Å²) >= 11 is 1.44. The van der Waals surface area contributed by atoms with Crippen molar-refractivity contribution in [1.82, 2.24) is 14.8 Å². The number of esters is 1. The quantitative estimate of drug-likeness (QED) is 0.150. The van der Waals surface area contributed by atoms with Crippen molar-refractivity contribution in [2.75, 3.05) is 26.9 Å². The van der Waals surface area contributed by atoms with Crippen LogP contribution in [0.2, 0.25) is 0 Å². The second-order valence-electron chi connectivity index (χ2n) is 8.66.